The molecule has 0 N–H and O–H groups in total. The van der Waals surface area contributed by atoms with Gasteiger partial charge in [0.15, 0.2) is 0 Å². The second-order valence-electron chi connectivity index (χ2n) is 9.98. The fraction of sp³-hybridized carbons (Fsp3) is 0. The van der Waals surface area contributed by atoms with Gasteiger partial charge in [-0.05, 0) is 33.4 Å². The first-order valence-electron chi connectivity index (χ1n) is 13.9. The number of benzene rings is 7. The van der Waals surface area contributed by atoms with E-state index in [4.69, 9.17) is 0 Å². The van der Waals surface area contributed by atoms with Gasteiger partial charge in [-0.15, -0.1) is 33.4 Å². The third-order valence-corrected chi connectivity index (χ3v) is 7.54. The van der Waals surface area contributed by atoms with E-state index in [-0.39, 0.29) is 113 Å². The predicted molar refractivity (Wildman–Crippen MR) is 172 cm³/mol. The quantitative estimate of drug-likeness (QED) is 0.138. The molecular formula is C42H24Li6. The molecule has 48 heavy (non-hydrogen) atoms. The van der Waals surface area contributed by atoms with Gasteiger partial charge in [0, 0.05) is 0 Å². The predicted octanol–water partition coefficient (Wildman–Crippen LogP) is -7.49. The third kappa shape index (κ3) is 9.26. The van der Waals surface area contributed by atoms with Gasteiger partial charge >= 0.3 is 113 Å². The van der Waals surface area contributed by atoms with Gasteiger partial charge in [0.25, 0.3) is 0 Å². The maximum Gasteiger partial charge on any atom is 1.00 e. The van der Waals surface area contributed by atoms with E-state index in [1.165, 1.54) is 33.4 Å². The smallest absolute Gasteiger partial charge is 0.184 e. The van der Waals surface area contributed by atoms with Crippen LogP contribution in [0.3, 0.4) is 0 Å². The van der Waals surface area contributed by atoms with E-state index >= 15 is 0 Å². The minimum atomic E-state index is 0. The molecular weight excluding hydrogens is 546 g/mol. The second kappa shape index (κ2) is 21.4. The van der Waals surface area contributed by atoms with Crippen molar-refractivity contribution in [3.63, 3.8) is 0 Å². The summed E-state index contributed by atoms with van der Waals surface area (Å²) in [5, 5.41) is 0. The molecule has 0 heterocycles. The van der Waals surface area contributed by atoms with E-state index in [2.05, 4.69) is 109 Å². The summed E-state index contributed by atoms with van der Waals surface area (Å²) in [6.45, 7) is 0. The van der Waals surface area contributed by atoms with Crippen molar-refractivity contribution >= 4 is 0 Å². The molecule has 0 nitrogen and oxygen atoms in total. The SMILES string of the molecule is [Li+].[Li+].[Li+].[Li+].[Li+].[Li+].[c-]1ccc(-c2c(-c3cc[c-]cc3)c(-c3cc[c-]cc3)c(-c3cc[c-]cc3)c(-c3cc[c-]cc3)c2-c2cc[c-]cc2)cc1. The van der Waals surface area contributed by atoms with E-state index < -0.39 is 0 Å². The van der Waals surface area contributed by atoms with Gasteiger partial charge in [-0.25, -0.2) is 0 Å². The van der Waals surface area contributed by atoms with Crippen LogP contribution in [0.1, 0.15) is 0 Å². The summed E-state index contributed by atoms with van der Waals surface area (Å²) in [7, 11) is 0. The fourth-order valence-corrected chi connectivity index (χ4v) is 5.80. The van der Waals surface area contributed by atoms with Crippen molar-refractivity contribution in [2.75, 3.05) is 0 Å². The van der Waals surface area contributed by atoms with Crippen molar-refractivity contribution in [1.29, 1.82) is 0 Å². The average Bonchev–Trinajstić information content (AvgIpc) is 3.09. The first kappa shape index (κ1) is 44.1. The Bertz CT molecular complexity index is 1540. The van der Waals surface area contributed by atoms with Crippen LogP contribution >= 0.6 is 0 Å². The summed E-state index contributed by atoms with van der Waals surface area (Å²) < 4.78 is 0. The van der Waals surface area contributed by atoms with Crippen LogP contribution in [-0.2, 0) is 0 Å². The van der Waals surface area contributed by atoms with E-state index in [1.807, 2.05) is 72.8 Å². The Balaban J connectivity index is 0.00000192. The number of hydrogen-bond donors (Lipinski definition) is 0. The van der Waals surface area contributed by atoms with Crippen molar-refractivity contribution in [2.45, 2.75) is 0 Å². The Kier molecular flexibility index (Phi) is 19.7. The summed E-state index contributed by atoms with van der Waals surface area (Å²) in [6, 6.07) is 69.3. The summed E-state index contributed by atoms with van der Waals surface area (Å²) in [4.78, 5) is 0. The van der Waals surface area contributed by atoms with Gasteiger partial charge in [-0.1, -0.05) is 0 Å². The minimum Gasteiger partial charge on any atom is -0.184 e. The zero-order valence-electron chi connectivity index (χ0n) is 28.9. The van der Waals surface area contributed by atoms with Crippen LogP contribution in [0.4, 0.5) is 0 Å². The Hall–Kier alpha value is -1.88. The third-order valence-electron chi connectivity index (χ3n) is 7.54. The molecule has 0 aliphatic carbocycles. The molecule has 0 unspecified atom stereocenters. The van der Waals surface area contributed by atoms with Crippen LogP contribution in [-0.4, -0.2) is 0 Å². The van der Waals surface area contributed by atoms with Gasteiger partial charge in [-0.2, -0.15) is 182 Å². The largest absolute Gasteiger partial charge is 1.00 e. The average molecular weight is 570 g/mol. The Morgan fingerprint density at radius 1 is 0.188 bits per heavy atom. The molecule has 0 saturated carbocycles. The summed E-state index contributed by atoms with van der Waals surface area (Å²) in [5.74, 6) is 0. The van der Waals surface area contributed by atoms with Gasteiger partial charge in [0.2, 0.25) is 0 Å². The van der Waals surface area contributed by atoms with Crippen molar-refractivity contribution in [1.82, 2.24) is 0 Å². The Morgan fingerprint density at radius 2 is 0.292 bits per heavy atom. The van der Waals surface area contributed by atoms with Crippen LogP contribution in [0.25, 0.3) is 66.8 Å². The van der Waals surface area contributed by atoms with Crippen molar-refractivity contribution in [3.8, 4) is 66.8 Å². The molecule has 0 aliphatic rings. The van der Waals surface area contributed by atoms with Crippen LogP contribution in [0, 0.1) is 36.4 Å². The monoisotopic (exact) mass is 570 g/mol. The van der Waals surface area contributed by atoms with E-state index in [0.29, 0.717) is 0 Å². The molecule has 6 heteroatoms. The molecule has 7 rings (SSSR count). The first-order chi connectivity index (χ1) is 20.9. The topological polar surface area (TPSA) is 0 Å². The van der Waals surface area contributed by atoms with Crippen LogP contribution < -0.4 is 113 Å². The van der Waals surface area contributed by atoms with E-state index in [1.54, 1.807) is 0 Å². The van der Waals surface area contributed by atoms with E-state index in [9.17, 15) is 0 Å². The zero-order chi connectivity index (χ0) is 28.1. The molecule has 0 saturated heterocycles. The number of hydrogen-bond acceptors (Lipinski definition) is 0. The minimum absolute atomic E-state index is 0. The van der Waals surface area contributed by atoms with Crippen LogP contribution in [0.15, 0.2) is 146 Å². The van der Waals surface area contributed by atoms with Crippen molar-refractivity contribution in [3.05, 3.63) is 182 Å². The van der Waals surface area contributed by atoms with Gasteiger partial charge in [-0.3, -0.25) is 0 Å². The molecule has 0 atom stereocenters. The van der Waals surface area contributed by atoms with Gasteiger partial charge in [0.1, 0.15) is 0 Å². The summed E-state index contributed by atoms with van der Waals surface area (Å²) >= 11 is 0. The van der Waals surface area contributed by atoms with Gasteiger partial charge < -0.3 is 0 Å². The Morgan fingerprint density at radius 3 is 0.396 bits per heavy atom. The molecule has 0 bridgehead atoms. The summed E-state index contributed by atoms with van der Waals surface area (Å²) in [5.41, 5.74) is 13.7. The Labute approximate surface area is 358 Å². The number of rotatable bonds is 6. The molecule has 0 amide bonds. The van der Waals surface area contributed by atoms with E-state index in [0.717, 1.165) is 33.4 Å². The molecule has 0 aromatic heterocycles. The standard InChI is InChI=1S/C42H24.6Li/c1-7-19-31(20-8-1)37-38(32-21-9-2-10-22-32)40(34-25-13-4-14-26-34)42(36-29-17-6-18-30-36)41(35-27-15-5-16-28-35)39(37)33-23-11-3-12-24-33;;;;;;/h7-30H;;;;;;/q-6;6*+1. The van der Waals surface area contributed by atoms with Crippen molar-refractivity contribution < 1.29 is 113 Å². The maximum absolute atomic E-state index is 3.23. The normalized spacial score (nSPS) is 9.50. The second-order valence-corrected chi connectivity index (χ2v) is 9.98. The summed E-state index contributed by atoms with van der Waals surface area (Å²) in [6.07, 6.45) is 0. The molecule has 0 spiro atoms. The zero-order valence-corrected chi connectivity index (χ0v) is 28.9. The van der Waals surface area contributed by atoms with Crippen molar-refractivity contribution in [2.24, 2.45) is 0 Å². The van der Waals surface area contributed by atoms with Crippen LogP contribution in [0.2, 0.25) is 0 Å². The molecule has 0 fully saturated rings. The fourth-order valence-electron chi connectivity index (χ4n) is 5.80. The first-order valence-corrected chi connectivity index (χ1v) is 13.9. The molecule has 0 aliphatic heterocycles. The molecule has 7 aromatic rings. The van der Waals surface area contributed by atoms with Crippen LogP contribution in [0.5, 0.6) is 0 Å². The molecule has 7 aromatic carbocycles. The molecule has 0 radical (unpaired) electrons. The molecule has 198 valence electrons. The van der Waals surface area contributed by atoms with Gasteiger partial charge in [0.05, 0.1) is 0 Å². The maximum atomic E-state index is 3.23.